The van der Waals surface area contributed by atoms with Crippen molar-refractivity contribution in [1.82, 2.24) is 5.32 Å². The van der Waals surface area contributed by atoms with Gasteiger partial charge in [-0.15, -0.1) is 0 Å². The van der Waals surface area contributed by atoms with Crippen LogP contribution in [0.25, 0.3) is 0 Å². The lowest BCUT2D eigenvalue weighted by molar-refractivity contribution is 0.0935. The Labute approximate surface area is 187 Å². The molecule has 30 heavy (non-hydrogen) atoms. The number of rotatable bonds is 8. The highest BCUT2D eigenvalue weighted by molar-refractivity contribution is 9.10. The molecule has 3 aromatic carbocycles. The van der Waals surface area contributed by atoms with Gasteiger partial charge in [0.05, 0.1) is 6.04 Å². The fourth-order valence-corrected chi connectivity index (χ4v) is 3.49. The van der Waals surface area contributed by atoms with Gasteiger partial charge in [0.25, 0.3) is 5.91 Å². The van der Waals surface area contributed by atoms with Crippen LogP contribution in [-0.2, 0) is 6.61 Å². The van der Waals surface area contributed by atoms with Crippen molar-refractivity contribution >= 4 is 21.8 Å². The molecular weight excluding hydrogens is 438 g/mol. The summed E-state index contributed by atoms with van der Waals surface area (Å²) in [5.41, 5.74) is 4.11. The summed E-state index contributed by atoms with van der Waals surface area (Å²) in [7, 11) is 0. The van der Waals surface area contributed by atoms with Crippen molar-refractivity contribution < 1.29 is 9.53 Å². The molecule has 3 aromatic rings. The number of amides is 1. The number of benzene rings is 3. The quantitative estimate of drug-likeness (QED) is 0.387. The minimum Gasteiger partial charge on any atom is -0.489 e. The van der Waals surface area contributed by atoms with Crippen molar-refractivity contribution in [2.45, 2.75) is 45.8 Å². The van der Waals surface area contributed by atoms with Crippen LogP contribution < -0.4 is 10.1 Å². The van der Waals surface area contributed by atoms with Crippen molar-refractivity contribution in [3.8, 4) is 5.75 Å². The zero-order valence-corrected chi connectivity index (χ0v) is 19.3. The van der Waals surface area contributed by atoms with E-state index in [9.17, 15) is 4.79 Å². The average Bonchev–Trinajstić information content (AvgIpc) is 2.77. The number of carbonyl (C=O) groups excluding carboxylic acids is 1. The summed E-state index contributed by atoms with van der Waals surface area (Å²) in [5.74, 6) is 1.25. The second kappa shape index (κ2) is 10.4. The fourth-order valence-electron chi connectivity index (χ4n) is 3.23. The van der Waals surface area contributed by atoms with Gasteiger partial charge in [0.15, 0.2) is 0 Å². The third-order valence-corrected chi connectivity index (χ3v) is 5.68. The first kappa shape index (κ1) is 22.1. The van der Waals surface area contributed by atoms with E-state index in [2.05, 4.69) is 66.3 Å². The SMILES string of the molecule is CC[C@@H](NC(=O)c1ccc(COc2ccc(Br)cc2)cc1)c1ccc(C(C)C)cc1. The summed E-state index contributed by atoms with van der Waals surface area (Å²) in [6.45, 7) is 6.91. The van der Waals surface area contributed by atoms with Crippen molar-refractivity contribution in [2.75, 3.05) is 0 Å². The maximum atomic E-state index is 12.7. The van der Waals surface area contributed by atoms with Gasteiger partial charge in [0.1, 0.15) is 12.4 Å². The van der Waals surface area contributed by atoms with Gasteiger partial charge in [-0.25, -0.2) is 0 Å². The lowest BCUT2D eigenvalue weighted by atomic mass is 9.98. The Morgan fingerprint density at radius 3 is 2.07 bits per heavy atom. The number of halogens is 1. The first-order valence-electron chi connectivity index (χ1n) is 10.3. The minimum absolute atomic E-state index is 0.000809. The molecule has 0 spiro atoms. The van der Waals surface area contributed by atoms with E-state index in [4.69, 9.17) is 4.74 Å². The van der Waals surface area contributed by atoms with Crippen LogP contribution in [0.4, 0.5) is 0 Å². The lowest BCUT2D eigenvalue weighted by Gasteiger charge is -2.18. The molecule has 156 valence electrons. The molecule has 0 bridgehead atoms. The van der Waals surface area contributed by atoms with Gasteiger partial charge in [0.2, 0.25) is 0 Å². The smallest absolute Gasteiger partial charge is 0.251 e. The number of carbonyl (C=O) groups is 1. The van der Waals surface area contributed by atoms with E-state index >= 15 is 0 Å². The van der Waals surface area contributed by atoms with Gasteiger partial charge in [0, 0.05) is 10.0 Å². The zero-order chi connectivity index (χ0) is 21.5. The van der Waals surface area contributed by atoms with Crippen LogP contribution in [0.2, 0.25) is 0 Å². The minimum atomic E-state index is -0.0600. The highest BCUT2D eigenvalue weighted by Gasteiger charge is 2.14. The molecular formula is C26H28BrNO2. The molecule has 0 saturated carbocycles. The van der Waals surface area contributed by atoms with E-state index in [1.165, 1.54) is 5.56 Å². The molecule has 1 N–H and O–H groups in total. The molecule has 0 unspecified atom stereocenters. The molecule has 0 fully saturated rings. The van der Waals surface area contributed by atoms with Crippen LogP contribution in [0.5, 0.6) is 5.75 Å². The lowest BCUT2D eigenvalue weighted by Crippen LogP contribution is -2.28. The molecule has 3 rings (SSSR count). The maximum Gasteiger partial charge on any atom is 0.251 e. The van der Waals surface area contributed by atoms with Gasteiger partial charge >= 0.3 is 0 Å². The summed E-state index contributed by atoms with van der Waals surface area (Å²) < 4.78 is 6.81. The first-order chi connectivity index (χ1) is 14.5. The van der Waals surface area contributed by atoms with Crippen LogP contribution in [0.3, 0.4) is 0 Å². The highest BCUT2D eigenvalue weighted by atomic mass is 79.9. The number of hydrogen-bond acceptors (Lipinski definition) is 2. The second-order valence-electron chi connectivity index (χ2n) is 7.70. The second-order valence-corrected chi connectivity index (χ2v) is 8.61. The molecule has 0 aliphatic carbocycles. The molecule has 4 heteroatoms. The van der Waals surface area contributed by atoms with Crippen LogP contribution in [0, 0.1) is 0 Å². The van der Waals surface area contributed by atoms with E-state index in [-0.39, 0.29) is 11.9 Å². The molecule has 0 aliphatic heterocycles. The van der Waals surface area contributed by atoms with E-state index < -0.39 is 0 Å². The summed E-state index contributed by atoms with van der Waals surface area (Å²) in [4.78, 5) is 12.7. The van der Waals surface area contributed by atoms with E-state index in [1.54, 1.807) is 0 Å². The van der Waals surface area contributed by atoms with Crippen LogP contribution in [0.15, 0.2) is 77.3 Å². The Balaban J connectivity index is 1.59. The Morgan fingerprint density at radius 2 is 1.50 bits per heavy atom. The number of ether oxygens (including phenoxy) is 1. The predicted octanol–water partition coefficient (Wildman–Crippen LogP) is 7.03. The molecule has 0 radical (unpaired) electrons. The van der Waals surface area contributed by atoms with Gasteiger partial charge in [-0.1, -0.05) is 73.1 Å². The molecule has 1 amide bonds. The van der Waals surface area contributed by atoms with Crippen LogP contribution in [0.1, 0.15) is 66.2 Å². The average molecular weight is 466 g/mol. The van der Waals surface area contributed by atoms with E-state index in [0.717, 1.165) is 27.8 Å². The zero-order valence-electron chi connectivity index (χ0n) is 17.7. The Kier molecular flexibility index (Phi) is 7.69. The Hall–Kier alpha value is -2.59. The summed E-state index contributed by atoms with van der Waals surface area (Å²) in [6, 6.07) is 23.8. The monoisotopic (exact) mass is 465 g/mol. The predicted molar refractivity (Wildman–Crippen MR) is 126 cm³/mol. The maximum absolute atomic E-state index is 12.7. The fraction of sp³-hybridized carbons (Fsp3) is 0.269. The summed E-state index contributed by atoms with van der Waals surface area (Å²) in [6.07, 6.45) is 0.839. The molecule has 0 saturated heterocycles. The van der Waals surface area contributed by atoms with Gasteiger partial charge in [-0.3, -0.25) is 4.79 Å². The molecule has 0 aliphatic rings. The van der Waals surface area contributed by atoms with Gasteiger partial charge in [-0.05, 0) is 65.4 Å². The van der Waals surface area contributed by atoms with E-state index in [0.29, 0.717) is 18.1 Å². The molecule has 3 nitrogen and oxygen atoms in total. The molecule has 0 aromatic heterocycles. The third-order valence-electron chi connectivity index (χ3n) is 5.15. The first-order valence-corrected chi connectivity index (χ1v) is 11.1. The number of nitrogens with one attached hydrogen (secondary N) is 1. The standard InChI is InChI=1S/C26H28BrNO2/c1-4-25(21-11-9-20(10-12-21)18(2)3)28-26(29)22-7-5-19(6-8-22)17-30-24-15-13-23(27)14-16-24/h5-16,18,25H,4,17H2,1-3H3,(H,28,29)/t25-/m1/s1. The highest BCUT2D eigenvalue weighted by Crippen LogP contribution is 2.22. The topological polar surface area (TPSA) is 38.3 Å². The molecule has 1 atom stereocenters. The summed E-state index contributed by atoms with van der Waals surface area (Å²) in [5, 5.41) is 3.16. The van der Waals surface area contributed by atoms with Crippen LogP contribution >= 0.6 is 15.9 Å². The van der Waals surface area contributed by atoms with Crippen molar-refractivity contribution in [3.05, 3.63) is 99.5 Å². The largest absolute Gasteiger partial charge is 0.489 e. The van der Waals surface area contributed by atoms with Crippen molar-refractivity contribution in [3.63, 3.8) is 0 Å². The van der Waals surface area contributed by atoms with Gasteiger partial charge in [-0.2, -0.15) is 0 Å². The third kappa shape index (κ3) is 5.96. The van der Waals surface area contributed by atoms with E-state index in [1.807, 2.05) is 48.5 Å². The number of hydrogen-bond donors (Lipinski definition) is 1. The van der Waals surface area contributed by atoms with Gasteiger partial charge < -0.3 is 10.1 Å². The van der Waals surface area contributed by atoms with Crippen molar-refractivity contribution in [1.29, 1.82) is 0 Å². The Bertz CT molecular complexity index is 948. The van der Waals surface area contributed by atoms with Crippen LogP contribution in [-0.4, -0.2) is 5.91 Å². The van der Waals surface area contributed by atoms with Crippen molar-refractivity contribution in [2.24, 2.45) is 0 Å². The summed E-state index contributed by atoms with van der Waals surface area (Å²) >= 11 is 3.42. The Morgan fingerprint density at radius 1 is 0.900 bits per heavy atom. The normalized spacial score (nSPS) is 11.9. The molecule has 0 heterocycles.